The molecule has 33 heteroatoms. The van der Waals surface area contributed by atoms with Gasteiger partial charge in [-0.3, -0.25) is 28.4 Å². The maximum Gasteiger partial charge on any atom is 0.253 e. The van der Waals surface area contributed by atoms with Crippen LogP contribution in [0.1, 0.15) is 61.6 Å². The number of nitrogen functional groups attached to an aromatic ring is 6. The van der Waals surface area contributed by atoms with E-state index in [1.807, 2.05) is 0 Å². The average Bonchev–Trinajstić information content (AvgIpc) is 1.62. The molecule has 534 valence electrons. The Morgan fingerprint density at radius 3 is 1.02 bits per heavy atom. The van der Waals surface area contributed by atoms with Crippen LogP contribution in [0.15, 0.2) is 127 Å². The number of hydrogen-bond acceptors (Lipinski definition) is 21. The van der Waals surface area contributed by atoms with E-state index in [9.17, 15) is 40.7 Å². The van der Waals surface area contributed by atoms with Crippen LogP contribution < -0.4 is 50.4 Å². The number of aromatic nitrogens is 12. The molecule has 0 radical (unpaired) electrons. The molecule has 3 aliphatic rings. The number of carbonyl (C=O) groups is 3. The highest BCUT2D eigenvalue weighted by Gasteiger charge is 2.31. The molecule has 3 amide bonds. The molecule has 104 heavy (non-hydrogen) atoms. The maximum absolute atomic E-state index is 14.8. The molecule has 6 aromatic heterocycles. The van der Waals surface area contributed by atoms with Gasteiger partial charge in [0, 0.05) is 52.7 Å². The van der Waals surface area contributed by atoms with Crippen molar-refractivity contribution in [3.8, 4) is 34.6 Å². The van der Waals surface area contributed by atoms with Crippen molar-refractivity contribution in [2.45, 2.75) is 76.8 Å². The molecule has 3 fully saturated rings. The summed E-state index contributed by atoms with van der Waals surface area (Å²) < 4.78 is 107. The number of ether oxygens (including phenoxy) is 3. The first-order valence-electron chi connectivity index (χ1n) is 33.0. The predicted octanol–water partition coefficient (Wildman–Crippen LogP) is 9.94. The van der Waals surface area contributed by atoms with E-state index in [0.29, 0.717) is 78.5 Å². The fourth-order valence-corrected chi connectivity index (χ4v) is 12.3. The minimum absolute atomic E-state index is 0.00727. The normalized spacial score (nSPS) is 15.8. The third-order valence-corrected chi connectivity index (χ3v) is 17.5. The van der Waals surface area contributed by atoms with Crippen LogP contribution in [0.3, 0.4) is 0 Å². The van der Waals surface area contributed by atoms with Gasteiger partial charge in [0.15, 0.2) is 52.4 Å². The monoisotopic (exact) mass is 1420 g/mol. The smallest absolute Gasteiger partial charge is 0.253 e. The van der Waals surface area contributed by atoms with E-state index in [0.717, 1.165) is 25.7 Å². The van der Waals surface area contributed by atoms with Gasteiger partial charge < -0.3 is 64.6 Å². The van der Waals surface area contributed by atoms with E-state index in [2.05, 4.69) is 61.2 Å². The van der Waals surface area contributed by atoms with E-state index in [4.69, 9.17) is 48.6 Å². The minimum Gasteiger partial charge on any atom is -0.382 e. The molecule has 3 saturated heterocycles. The van der Waals surface area contributed by atoms with Gasteiger partial charge in [-0.05, 0) is 81.3 Å². The quantitative estimate of drug-likeness (QED) is 0.0431. The summed E-state index contributed by atoms with van der Waals surface area (Å²) >= 11 is 0. The summed E-state index contributed by atoms with van der Waals surface area (Å²) in [5, 5.41) is 22.6. The van der Waals surface area contributed by atoms with Gasteiger partial charge in [0.2, 0.25) is 5.91 Å². The summed E-state index contributed by atoms with van der Waals surface area (Å²) in [6.07, 6.45) is 4.09. The molecule has 6 aromatic carbocycles. The number of nitrogens with two attached hydrogens (primary N) is 6. The standard InChI is InChI=1S/2C24H23F2N7O2.C23H21F2N7O2/c25-16-8-2-1-5-13(16)11-33-20-15(7-3-9-17(20)26)18(32-33)23-30-21(27)19(22(28)31-23)29-24(34)14-6-4-10-35-12-14;25-15-8-2-1-6-13(15)12-33-20-14(7-5-9-16(20)26)18(32-33)23-30-21(27)19(22(28)31-23)29-24(34)17-10-3-4-11-35-17;24-14-7-2-1-5-12(14)11-32-19-13(6-3-8-15(19)25)17(31-32)22-29-20(26)18(21(27)30-22)28-23(33)16-9-4-10-34-16/h1-3,5,7-9,14H,4,6,10-12H2,(H,29,34)(H4,27,28,30,31);1-2,5-9,17H,3-4,10-12H2,(H,29,34)(H4,27,28,30,31);1-3,5-8,16H,4,9-11H2,(H,28,33)(H4,26,27,29,30). The van der Waals surface area contributed by atoms with Crippen molar-refractivity contribution in [1.82, 2.24) is 59.2 Å². The molecular weight excluding hydrogens is 1360 g/mol. The molecule has 27 nitrogen and oxygen atoms in total. The van der Waals surface area contributed by atoms with E-state index in [1.165, 1.54) is 68.6 Å². The van der Waals surface area contributed by atoms with Crippen LogP contribution in [0.5, 0.6) is 0 Å². The summed E-state index contributed by atoms with van der Waals surface area (Å²) in [6.45, 7) is 1.95. The van der Waals surface area contributed by atoms with Crippen molar-refractivity contribution in [2.24, 2.45) is 5.92 Å². The maximum atomic E-state index is 14.8. The van der Waals surface area contributed by atoms with Gasteiger partial charge in [-0.1, -0.05) is 91.0 Å². The Bertz CT molecular complexity index is 4970. The molecule has 15 rings (SSSR count). The zero-order chi connectivity index (χ0) is 72.9. The topological polar surface area (TPSA) is 402 Å². The molecule has 12 aromatic rings. The average molecular weight is 1420 g/mol. The number of carbonyl (C=O) groups excluding carboxylic acids is 3. The number of hydrogen-bond donors (Lipinski definition) is 9. The minimum atomic E-state index is -0.594. The van der Waals surface area contributed by atoms with Gasteiger partial charge >= 0.3 is 0 Å². The summed E-state index contributed by atoms with van der Waals surface area (Å²) in [7, 11) is 0. The lowest BCUT2D eigenvalue weighted by Gasteiger charge is -2.22. The number of halogens is 6. The van der Waals surface area contributed by atoms with Crippen molar-refractivity contribution < 1.29 is 54.9 Å². The second kappa shape index (κ2) is 30.5. The van der Waals surface area contributed by atoms with Gasteiger partial charge in [-0.2, -0.15) is 15.3 Å². The first kappa shape index (κ1) is 70.1. The van der Waals surface area contributed by atoms with Crippen LogP contribution in [-0.4, -0.2) is 116 Å². The molecule has 0 saturated carbocycles. The molecular formula is C71H67F6N21O6. The first-order valence-corrected chi connectivity index (χ1v) is 33.0. The molecule has 0 aliphatic carbocycles. The number of anilines is 9. The van der Waals surface area contributed by atoms with Gasteiger partial charge in [-0.25, -0.2) is 56.2 Å². The van der Waals surface area contributed by atoms with Gasteiger partial charge in [0.1, 0.15) is 97.8 Å². The lowest BCUT2D eigenvalue weighted by Crippen LogP contribution is -2.33. The van der Waals surface area contributed by atoms with E-state index in [1.54, 1.807) is 72.8 Å². The highest BCUT2D eigenvalue weighted by Crippen LogP contribution is 2.37. The summed E-state index contributed by atoms with van der Waals surface area (Å²) in [5.41, 5.74) is 39.1. The molecule has 15 N–H and O–H groups in total. The fourth-order valence-electron chi connectivity index (χ4n) is 12.3. The lowest BCUT2D eigenvalue weighted by atomic mass is 10.0. The zero-order valence-electron chi connectivity index (χ0n) is 55.3. The zero-order valence-corrected chi connectivity index (χ0v) is 55.3. The van der Waals surface area contributed by atoms with Crippen LogP contribution in [-0.2, 0) is 48.2 Å². The van der Waals surface area contributed by atoms with Crippen LogP contribution >= 0.6 is 0 Å². The number of para-hydroxylation sites is 3. The summed E-state index contributed by atoms with van der Waals surface area (Å²) in [4.78, 5) is 63.2. The van der Waals surface area contributed by atoms with Crippen LogP contribution in [0.25, 0.3) is 67.3 Å². The summed E-state index contributed by atoms with van der Waals surface area (Å²) in [5.74, 6) is -4.44. The van der Waals surface area contributed by atoms with Crippen molar-refractivity contribution in [3.05, 3.63) is 179 Å². The molecule has 3 unspecified atom stereocenters. The Morgan fingerprint density at radius 2 is 0.702 bits per heavy atom. The highest BCUT2D eigenvalue weighted by molar-refractivity contribution is 6.02. The van der Waals surface area contributed by atoms with E-state index in [-0.39, 0.29) is 146 Å². The number of amides is 3. The van der Waals surface area contributed by atoms with Crippen molar-refractivity contribution in [2.75, 3.05) is 76.8 Å². The number of nitrogens with one attached hydrogen (secondary N) is 3. The summed E-state index contributed by atoms with van der Waals surface area (Å²) in [6, 6.07) is 32.0. The van der Waals surface area contributed by atoms with Crippen LogP contribution in [0.2, 0.25) is 0 Å². The Hall–Kier alpha value is -12.4. The Morgan fingerprint density at radius 1 is 0.385 bits per heavy atom. The largest absolute Gasteiger partial charge is 0.382 e. The van der Waals surface area contributed by atoms with Crippen molar-refractivity contribution >= 4 is 102 Å². The van der Waals surface area contributed by atoms with E-state index >= 15 is 0 Å². The second-order valence-electron chi connectivity index (χ2n) is 24.5. The molecule has 0 bridgehead atoms. The van der Waals surface area contributed by atoms with Gasteiger partial charge in [-0.15, -0.1) is 0 Å². The Balaban J connectivity index is 0.000000139. The van der Waals surface area contributed by atoms with Gasteiger partial charge in [0.25, 0.3) is 11.8 Å². The number of benzene rings is 6. The van der Waals surface area contributed by atoms with Gasteiger partial charge in [0.05, 0.1) is 32.2 Å². The number of nitrogens with zero attached hydrogens (tertiary/aromatic N) is 12. The third-order valence-electron chi connectivity index (χ3n) is 17.5. The highest BCUT2D eigenvalue weighted by atomic mass is 19.1. The Labute approximate surface area is 587 Å². The van der Waals surface area contributed by atoms with Crippen LogP contribution in [0, 0.1) is 40.8 Å². The van der Waals surface area contributed by atoms with Crippen LogP contribution in [0.4, 0.5) is 78.3 Å². The third kappa shape index (κ3) is 14.9. The fraction of sp³-hybridized carbons (Fsp3) is 0.239. The molecule has 3 aliphatic heterocycles. The second-order valence-corrected chi connectivity index (χ2v) is 24.5. The molecule has 0 spiro atoms. The first-order chi connectivity index (χ1) is 50.3. The molecule has 9 heterocycles. The molecule has 3 atom stereocenters. The van der Waals surface area contributed by atoms with Crippen molar-refractivity contribution in [1.29, 1.82) is 0 Å². The number of fused-ring (bicyclic) bond motifs is 3. The lowest BCUT2D eigenvalue weighted by molar-refractivity contribution is -0.130. The van der Waals surface area contributed by atoms with E-state index < -0.39 is 47.1 Å². The Kier molecular flexibility index (Phi) is 20.5. The number of rotatable bonds is 15. The SMILES string of the molecule is Nc1nc(-c2nn(Cc3ccccc3F)c3c(F)cccc23)nc(N)c1NC(=O)C1CCCCO1.Nc1nc(-c2nn(Cc3ccccc3F)c3c(F)cccc23)nc(N)c1NC(=O)C1CCCO1.Nc1nc(-c2nn(Cc3ccccc3F)c3c(F)cccc23)nc(N)c1NC(=O)C1CCCOC1. The van der Waals surface area contributed by atoms with Crippen molar-refractivity contribution in [3.63, 3.8) is 0 Å². The predicted molar refractivity (Wildman–Crippen MR) is 377 cm³/mol.